The summed E-state index contributed by atoms with van der Waals surface area (Å²) in [5.41, 5.74) is 0.653. The van der Waals surface area contributed by atoms with E-state index in [0.29, 0.717) is 31.4 Å². The van der Waals surface area contributed by atoms with Crippen molar-refractivity contribution >= 4 is 41.5 Å². The Kier molecular flexibility index (Phi) is 22.0. The maximum absolute atomic E-state index is 14.3. The fourth-order valence-electron chi connectivity index (χ4n) is 8.47. The maximum Gasteiger partial charge on any atom is 0.345 e. The van der Waals surface area contributed by atoms with Crippen molar-refractivity contribution in [3.63, 3.8) is 0 Å². The largest absolute Gasteiger partial charge is 0.481 e. The van der Waals surface area contributed by atoms with E-state index in [0.717, 1.165) is 0 Å². The van der Waals surface area contributed by atoms with Crippen molar-refractivity contribution in [3.05, 3.63) is 35.9 Å². The van der Waals surface area contributed by atoms with Gasteiger partial charge in [-0.15, -0.1) is 0 Å². The van der Waals surface area contributed by atoms with Gasteiger partial charge in [-0.25, -0.2) is 9.59 Å². The summed E-state index contributed by atoms with van der Waals surface area (Å²) in [5.74, 6) is -6.44. The summed E-state index contributed by atoms with van der Waals surface area (Å²) in [4.78, 5) is 97.6. The molecule has 1 aromatic rings. The summed E-state index contributed by atoms with van der Waals surface area (Å²) in [6.07, 6.45) is -2.59. The summed E-state index contributed by atoms with van der Waals surface area (Å²) in [6, 6.07) is 5.06. The van der Waals surface area contributed by atoms with Gasteiger partial charge >= 0.3 is 17.9 Å². The molecule has 0 saturated carbocycles. The predicted molar refractivity (Wildman–Crippen MR) is 232 cm³/mol. The number of hydrogen-bond acceptors (Lipinski definition) is 11. The molecular weight excluding hydrogens is 803 g/mol. The smallest absolute Gasteiger partial charge is 0.345 e. The number of methoxy groups -OCH3 is 2. The van der Waals surface area contributed by atoms with Crippen LogP contribution in [0.5, 0.6) is 0 Å². The van der Waals surface area contributed by atoms with Gasteiger partial charge in [-0.1, -0.05) is 85.2 Å². The Morgan fingerprint density at radius 2 is 1.50 bits per heavy atom. The molecule has 1 unspecified atom stereocenters. The molecule has 1 fully saturated rings. The lowest BCUT2D eigenvalue weighted by Crippen LogP contribution is -2.59. The number of likely N-dealkylation sites (N-methyl/N-ethyl adjacent to an activating group) is 2. The van der Waals surface area contributed by atoms with Gasteiger partial charge in [0.15, 0.2) is 6.10 Å². The number of carbonyl (C=O) groups excluding carboxylic acids is 5. The van der Waals surface area contributed by atoms with Crippen LogP contribution >= 0.6 is 0 Å². The van der Waals surface area contributed by atoms with Crippen molar-refractivity contribution < 1.29 is 58.0 Å². The number of carboxylic acids is 2. The molecule has 10 atom stereocenters. The van der Waals surface area contributed by atoms with Crippen molar-refractivity contribution in [2.24, 2.45) is 23.7 Å². The van der Waals surface area contributed by atoms with Gasteiger partial charge in [-0.05, 0) is 50.3 Å². The quantitative estimate of drug-likeness (QED) is 0.0984. The first-order valence-electron chi connectivity index (χ1n) is 21.7. The van der Waals surface area contributed by atoms with E-state index in [4.69, 9.17) is 19.3 Å². The van der Waals surface area contributed by atoms with Crippen LogP contribution < -0.4 is 10.6 Å². The van der Waals surface area contributed by atoms with Crippen LogP contribution in [-0.4, -0.2) is 157 Å². The molecule has 4 amide bonds. The van der Waals surface area contributed by atoms with Gasteiger partial charge < -0.3 is 44.9 Å². The number of aliphatic carboxylic acids is 2. The highest BCUT2D eigenvalue weighted by Crippen LogP contribution is 2.30. The van der Waals surface area contributed by atoms with E-state index in [-0.39, 0.29) is 48.3 Å². The molecule has 2 rings (SSSR count). The van der Waals surface area contributed by atoms with Crippen molar-refractivity contribution in [3.8, 4) is 0 Å². The minimum absolute atomic E-state index is 0.00361. The minimum atomic E-state index is -1.74. The molecule has 4 N–H and O–H groups in total. The molecule has 17 heteroatoms. The van der Waals surface area contributed by atoms with Crippen LogP contribution in [-0.2, 0) is 54.2 Å². The fourth-order valence-corrected chi connectivity index (χ4v) is 8.47. The van der Waals surface area contributed by atoms with E-state index >= 15 is 0 Å². The third-order valence-corrected chi connectivity index (χ3v) is 12.0. The molecule has 1 aliphatic heterocycles. The first kappa shape index (κ1) is 53.5. The first-order valence-corrected chi connectivity index (χ1v) is 21.7. The number of esters is 1. The topological polar surface area (TPSA) is 221 Å². The van der Waals surface area contributed by atoms with Gasteiger partial charge in [-0.2, -0.15) is 0 Å². The third kappa shape index (κ3) is 15.0. The molecule has 0 radical (unpaired) electrons. The summed E-state index contributed by atoms with van der Waals surface area (Å²) >= 11 is 0. The second-order valence-electron chi connectivity index (χ2n) is 17.4. The molecule has 1 saturated heterocycles. The Bertz CT molecular complexity index is 1630. The van der Waals surface area contributed by atoms with Gasteiger partial charge in [-0.3, -0.25) is 28.9 Å². The average Bonchev–Trinajstić information content (AvgIpc) is 3.70. The van der Waals surface area contributed by atoms with Crippen LogP contribution in [0.2, 0.25) is 0 Å². The number of benzene rings is 1. The van der Waals surface area contributed by atoms with Crippen molar-refractivity contribution in [1.29, 1.82) is 0 Å². The van der Waals surface area contributed by atoms with Crippen molar-refractivity contribution in [2.45, 2.75) is 142 Å². The Morgan fingerprint density at radius 3 is 2.00 bits per heavy atom. The van der Waals surface area contributed by atoms with E-state index in [1.807, 2.05) is 60.5 Å². The van der Waals surface area contributed by atoms with Crippen molar-refractivity contribution in [2.75, 3.05) is 41.9 Å². The Hall–Kier alpha value is -4.61. The monoisotopic (exact) mass is 876 g/mol. The van der Waals surface area contributed by atoms with E-state index < -0.39 is 91.1 Å². The normalized spacial score (nSPS) is 18.5. The number of nitrogens with zero attached hydrogens (tertiary/aromatic N) is 3. The van der Waals surface area contributed by atoms with E-state index in [1.165, 1.54) is 14.2 Å². The van der Waals surface area contributed by atoms with Crippen LogP contribution in [0, 0.1) is 23.7 Å². The van der Waals surface area contributed by atoms with E-state index in [2.05, 4.69) is 10.6 Å². The molecule has 0 bridgehead atoms. The highest BCUT2D eigenvalue weighted by Gasteiger charge is 2.44. The summed E-state index contributed by atoms with van der Waals surface area (Å²) in [7, 11) is 8.28. The fraction of sp³-hybridized carbons (Fsp3) is 0.711. The predicted octanol–water partition coefficient (Wildman–Crippen LogP) is 3.22. The highest BCUT2D eigenvalue weighted by molar-refractivity contribution is 5.90. The standard InChI is InChI=1S/C45H73N5O12/c1-13-28(6)39(49(10)43(56)37(26(2)3)47-42(55)38(27(4)5)48(8)9)34(60-11)25-35(51)50-23-17-20-32(50)40(61-12)29(7)41(54)46-31(24-30-18-15-14-16-19-30)45(59)62-33(44(57)58)21-22-36(52)53/h14-16,18-19,26-29,31-34,37-40H,13,17,20-25H2,1-12H3,(H,46,54)(H,47,55)(H,52,53)(H,57,58)/t28-,29+,31-,32-,33?,34+,37-,38-,39-,40+/m0/s1. The van der Waals surface area contributed by atoms with Crippen LogP contribution in [0.4, 0.5) is 0 Å². The van der Waals surface area contributed by atoms with Gasteiger partial charge in [0.25, 0.3) is 0 Å². The van der Waals surface area contributed by atoms with Crippen LogP contribution in [0.3, 0.4) is 0 Å². The Labute approximate surface area is 367 Å². The number of nitrogens with one attached hydrogen (secondary N) is 2. The van der Waals surface area contributed by atoms with Gasteiger partial charge in [0, 0.05) is 47.1 Å². The van der Waals surface area contributed by atoms with E-state index in [1.54, 1.807) is 54.1 Å². The zero-order valence-electron chi connectivity index (χ0n) is 38.8. The number of rotatable bonds is 26. The number of likely N-dealkylation sites (tertiary alicyclic amines) is 1. The summed E-state index contributed by atoms with van der Waals surface area (Å²) in [6.45, 7) is 13.7. The number of amides is 4. The molecule has 1 heterocycles. The molecule has 1 aliphatic rings. The number of carboxylic acid groups (broad SMARTS) is 2. The minimum Gasteiger partial charge on any atom is -0.481 e. The Balaban J connectivity index is 2.34. The number of carbonyl (C=O) groups is 7. The highest BCUT2D eigenvalue weighted by atomic mass is 16.6. The van der Waals surface area contributed by atoms with E-state index in [9.17, 15) is 38.7 Å². The van der Waals surface area contributed by atoms with Crippen molar-refractivity contribution in [1.82, 2.24) is 25.3 Å². The molecule has 62 heavy (non-hydrogen) atoms. The summed E-state index contributed by atoms with van der Waals surface area (Å²) < 4.78 is 17.2. The summed E-state index contributed by atoms with van der Waals surface area (Å²) in [5, 5.41) is 24.4. The zero-order chi connectivity index (χ0) is 47.0. The van der Waals surface area contributed by atoms with Gasteiger partial charge in [0.05, 0.1) is 42.7 Å². The average molecular weight is 876 g/mol. The third-order valence-electron chi connectivity index (χ3n) is 12.0. The first-order chi connectivity index (χ1) is 29.1. The number of ether oxygens (including phenoxy) is 3. The molecule has 17 nitrogen and oxygen atoms in total. The lowest BCUT2D eigenvalue weighted by Gasteiger charge is -2.41. The SMILES string of the molecule is CC[C@H](C)[C@@H]([C@@H](CC(=O)N1CCC[C@H]1[C@H](OC)[C@@H](C)C(=O)N[C@@H](Cc1ccccc1)C(=O)OC(CCC(=O)O)C(=O)O)OC)N(C)C(=O)[C@@H](NC(=O)[C@H](C(C)C)N(C)C)C(C)C. The molecular formula is C45H73N5O12. The molecule has 0 spiro atoms. The lowest BCUT2D eigenvalue weighted by molar-refractivity contribution is -0.167. The zero-order valence-corrected chi connectivity index (χ0v) is 38.8. The second-order valence-corrected chi connectivity index (χ2v) is 17.4. The Morgan fingerprint density at radius 1 is 0.871 bits per heavy atom. The molecule has 1 aromatic carbocycles. The van der Waals surface area contributed by atoms with Crippen LogP contribution in [0.15, 0.2) is 30.3 Å². The van der Waals surface area contributed by atoms with Crippen LogP contribution in [0.1, 0.15) is 92.6 Å². The van der Waals surface area contributed by atoms with Crippen LogP contribution in [0.25, 0.3) is 0 Å². The second kappa shape index (κ2) is 25.5. The molecule has 0 aliphatic carbocycles. The molecule has 350 valence electrons. The maximum atomic E-state index is 14.3. The number of hydrogen-bond donors (Lipinski definition) is 4. The molecule has 0 aromatic heterocycles. The lowest BCUT2D eigenvalue weighted by atomic mass is 9.89. The van der Waals surface area contributed by atoms with Gasteiger partial charge in [0.1, 0.15) is 12.1 Å². The van der Waals surface area contributed by atoms with Gasteiger partial charge in [0.2, 0.25) is 23.6 Å².